The average molecular weight is 383 g/mol. The lowest BCUT2D eigenvalue weighted by Crippen LogP contribution is -2.28. The van der Waals surface area contributed by atoms with Gasteiger partial charge in [-0.3, -0.25) is 0 Å². The lowest BCUT2D eigenvalue weighted by molar-refractivity contribution is 0.0699. The Morgan fingerprint density at radius 3 is 2.64 bits per heavy atom. The molecule has 1 aromatic carbocycles. The predicted octanol–water partition coefficient (Wildman–Crippen LogP) is 1.47. The van der Waals surface area contributed by atoms with Crippen LogP contribution in [0.5, 0.6) is 0 Å². The lowest BCUT2D eigenvalue weighted by atomic mass is 10.0. The van der Waals surface area contributed by atoms with Crippen LogP contribution in [-0.2, 0) is 11.3 Å². The predicted molar refractivity (Wildman–Crippen MR) is 108 cm³/mol. The molecule has 9 heteroatoms. The van der Waals surface area contributed by atoms with E-state index < -0.39 is 6.03 Å². The Morgan fingerprint density at radius 2 is 1.93 bits per heavy atom. The summed E-state index contributed by atoms with van der Waals surface area (Å²) in [5.41, 5.74) is 13.1. The van der Waals surface area contributed by atoms with Crippen LogP contribution < -0.4 is 22.1 Å². The number of nitrogens with zero attached hydrogens (tertiary/aromatic N) is 3. The molecule has 6 N–H and O–H groups in total. The van der Waals surface area contributed by atoms with Crippen LogP contribution in [0.2, 0.25) is 0 Å². The number of carbonyl (C=O) groups excluding carboxylic acids is 1. The Kier molecular flexibility index (Phi) is 6.74. The molecule has 148 valence electrons. The molecule has 1 saturated heterocycles. The first kappa shape index (κ1) is 19.6. The monoisotopic (exact) mass is 383 g/mol. The molecule has 2 aromatic rings. The maximum absolute atomic E-state index is 11.5. The number of amides is 2. The highest BCUT2D eigenvalue weighted by Crippen LogP contribution is 2.20. The molecular weight excluding hydrogens is 358 g/mol. The summed E-state index contributed by atoms with van der Waals surface area (Å²) >= 11 is 0. The van der Waals surface area contributed by atoms with Gasteiger partial charge in [0.2, 0.25) is 5.95 Å². The summed E-state index contributed by atoms with van der Waals surface area (Å²) in [6.45, 7) is 2.83. The summed E-state index contributed by atoms with van der Waals surface area (Å²) in [5, 5.41) is 5.92. The van der Waals surface area contributed by atoms with Crippen molar-refractivity contribution in [2.75, 3.05) is 25.1 Å². The Morgan fingerprint density at radius 1 is 1.18 bits per heavy atom. The zero-order valence-corrected chi connectivity index (χ0v) is 15.6. The van der Waals surface area contributed by atoms with Gasteiger partial charge in [0.1, 0.15) is 0 Å². The molecule has 2 amide bonds. The van der Waals surface area contributed by atoms with E-state index in [2.05, 4.69) is 25.6 Å². The highest BCUT2D eigenvalue weighted by molar-refractivity contribution is 5.90. The first-order chi connectivity index (χ1) is 13.6. The van der Waals surface area contributed by atoms with Crippen LogP contribution >= 0.6 is 0 Å². The van der Waals surface area contributed by atoms with E-state index in [-0.39, 0.29) is 5.96 Å². The van der Waals surface area contributed by atoms with Crippen LogP contribution in [-0.4, -0.2) is 41.7 Å². The molecule has 0 unspecified atom stereocenters. The highest BCUT2D eigenvalue weighted by atomic mass is 16.5. The van der Waals surface area contributed by atoms with E-state index in [0.29, 0.717) is 18.4 Å². The third-order valence-electron chi connectivity index (χ3n) is 4.48. The second-order valence-corrected chi connectivity index (χ2v) is 6.63. The number of benzene rings is 1. The second-order valence-electron chi connectivity index (χ2n) is 6.63. The van der Waals surface area contributed by atoms with Crippen LogP contribution in [0.25, 0.3) is 11.1 Å². The number of aliphatic imine (C=N–C) groups is 1. The van der Waals surface area contributed by atoms with Gasteiger partial charge in [0.05, 0.1) is 0 Å². The molecule has 9 nitrogen and oxygen atoms in total. The SMILES string of the molecule is NC(N)=NC(=O)NCc1cccc(-c2cnc(NCC3CCOCC3)nc2)c1. The highest BCUT2D eigenvalue weighted by Gasteiger charge is 2.13. The van der Waals surface area contributed by atoms with Crippen LogP contribution in [0.3, 0.4) is 0 Å². The van der Waals surface area contributed by atoms with Crippen molar-refractivity contribution in [3.05, 3.63) is 42.2 Å². The van der Waals surface area contributed by atoms with Gasteiger partial charge < -0.3 is 26.8 Å². The van der Waals surface area contributed by atoms with Crippen molar-refractivity contribution in [2.45, 2.75) is 19.4 Å². The maximum Gasteiger partial charge on any atom is 0.344 e. The number of nitrogens with two attached hydrogens (primary N) is 2. The molecule has 1 aliphatic heterocycles. The minimum Gasteiger partial charge on any atom is -0.381 e. The number of anilines is 1. The van der Waals surface area contributed by atoms with Gasteiger partial charge in [0, 0.05) is 44.3 Å². The summed E-state index contributed by atoms with van der Waals surface area (Å²) < 4.78 is 5.37. The Hall–Kier alpha value is -3.20. The molecule has 2 heterocycles. The van der Waals surface area contributed by atoms with Gasteiger partial charge >= 0.3 is 6.03 Å². The molecule has 3 rings (SSSR count). The summed E-state index contributed by atoms with van der Waals surface area (Å²) in [7, 11) is 0. The molecule has 0 bridgehead atoms. The Balaban J connectivity index is 1.57. The zero-order valence-electron chi connectivity index (χ0n) is 15.6. The zero-order chi connectivity index (χ0) is 19.8. The largest absolute Gasteiger partial charge is 0.381 e. The average Bonchev–Trinajstić information content (AvgIpc) is 2.72. The number of hydrogen-bond acceptors (Lipinski definition) is 5. The number of nitrogens with one attached hydrogen (secondary N) is 2. The van der Waals surface area contributed by atoms with Gasteiger partial charge in [-0.05, 0) is 36.0 Å². The third-order valence-corrected chi connectivity index (χ3v) is 4.48. The Bertz CT molecular complexity index is 813. The quantitative estimate of drug-likeness (QED) is 0.437. The van der Waals surface area contributed by atoms with Gasteiger partial charge in [-0.25, -0.2) is 14.8 Å². The molecule has 0 spiro atoms. The molecule has 1 aromatic heterocycles. The van der Waals surface area contributed by atoms with Gasteiger partial charge in [-0.1, -0.05) is 18.2 Å². The van der Waals surface area contributed by atoms with E-state index in [1.54, 1.807) is 12.4 Å². The van der Waals surface area contributed by atoms with Crippen LogP contribution in [0.1, 0.15) is 18.4 Å². The molecular formula is C19H25N7O2. The fourth-order valence-corrected chi connectivity index (χ4v) is 2.95. The van der Waals surface area contributed by atoms with Crippen molar-refractivity contribution in [1.29, 1.82) is 0 Å². The van der Waals surface area contributed by atoms with E-state index in [9.17, 15) is 4.79 Å². The molecule has 0 saturated carbocycles. The molecule has 28 heavy (non-hydrogen) atoms. The number of aromatic nitrogens is 2. The van der Waals surface area contributed by atoms with Crippen LogP contribution in [0.4, 0.5) is 10.7 Å². The first-order valence-electron chi connectivity index (χ1n) is 9.20. The molecule has 0 radical (unpaired) electrons. The summed E-state index contributed by atoms with van der Waals surface area (Å²) in [6.07, 6.45) is 5.71. The standard InChI is InChI=1S/C19H25N7O2/c20-17(21)26-19(27)25-10-14-2-1-3-15(8-14)16-11-23-18(24-12-16)22-9-13-4-6-28-7-5-13/h1-3,8,11-13H,4-7,9-10H2,(H,22,23,24)(H5,20,21,25,26,27). The van der Waals surface area contributed by atoms with E-state index in [1.807, 2.05) is 24.3 Å². The van der Waals surface area contributed by atoms with Crippen LogP contribution in [0.15, 0.2) is 41.7 Å². The summed E-state index contributed by atoms with van der Waals surface area (Å²) in [5.74, 6) is 0.952. The minimum absolute atomic E-state index is 0.270. The van der Waals surface area contributed by atoms with Crippen molar-refractivity contribution in [2.24, 2.45) is 22.4 Å². The number of rotatable bonds is 6. The molecule has 1 fully saturated rings. The summed E-state index contributed by atoms with van der Waals surface area (Å²) in [6, 6.07) is 7.17. The topological polar surface area (TPSA) is 141 Å². The van der Waals surface area contributed by atoms with E-state index in [1.165, 1.54) is 0 Å². The van der Waals surface area contributed by atoms with Crippen LogP contribution in [0, 0.1) is 5.92 Å². The normalized spacial score (nSPS) is 14.3. The molecule has 0 aliphatic carbocycles. The van der Waals surface area contributed by atoms with E-state index in [4.69, 9.17) is 16.2 Å². The van der Waals surface area contributed by atoms with Crippen molar-refractivity contribution in [3.63, 3.8) is 0 Å². The fourth-order valence-electron chi connectivity index (χ4n) is 2.95. The number of guanidine groups is 1. The lowest BCUT2D eigenvalue weighted by Gasteiger charge is -2.22. The summed E-state index contributed by atoms with van der Waals surface area (Å²) in [4.78, 5) is 23.7. The van der Waals surface area contributed by atoms with Gasteiger partial charge in [0.25, 0.3) is 0 Å². The smallest absolute Gasteiger partial charge is 0.344 e. The maximum atomic E-state index is 11.5. The number of carbonyl (C=O) groups is 1. The number of hydrogen-bond donors (Lipinski definition) is 4. The first-order valence-corrected chi connectivity index (χ1v) is 9.20. The van der Waals surface area contributed by atoms with Crippen molar-refractivity contribution in [1.82, 2.24) is 15.3 Å². The Labute approximate surface area is 163 Å². The molecule has 1 aliphatic rings. The number of urea groups is 1. The van der Waals surface area contributed by atoms with E-state index >= 15 is 0 Å². The second kappa shape index (κ2) is 9.65. The van der Waals surface area contributed by atoms with Gasteiger partial charge in [-0.2, -0.15) is 4.99 Å². The number of ether oxygens (including phenoxy) is 1. The van der Waals surface area contributed by atoms with E-state index in [0.717, 1.165) is 49.3 Å². The minimum atomic E-state index is -0.575. The van der Waals surface area contributed by atoms with Crippen molar-refractivity contribution >= 4 is 17.9 Å². The third kappa shape index (κ3) is 5.92. The van der Waals surface area contributed by atoms with Gasteiger partial charge in [-0.15, -0.1) is 0 Å². The fraction of sp³-hybridized carbons (Fsp3) is 0.368. The van der Waals surface area contributed by atoms with Crippen molar-refractivity contribution in [3.8, 4) is 11.1 Å². The molecule has 0 atom stereocenters. The van der Waals surface area contributed by atoms with Gasteiger partial charge in [0.15, 0.2) is 5.96 Å². The van der Waals surface area contributed by atoms with Crippen molar-refractivity contribution < 1.29 is 9.53 Å².